The summed E-state index contributed by atoms with van der Waals surface area (Å²) in [4.78, 5) is 6.72. The summed E-state index contributed by atoms with van der Waals surface area (Å²) in [6.45, 7) is 1.94. The van der Waals surface area contributed by atoms with Gasteiger partial charge in [0.05, 0.1) is 27.9 Å². The normalized spacial score (nSPS) is 18.9. The minimum atomic E-state index is -0.610. The van der Waals surface area contributed by atoms with Crippen LogP contribution in [-0.4, -0.2) is 66.2 Å². The summed E-state index contributed by atoms with van der Waals surface area (Å²) < 4.78 is 24.0. The Balaban J connectivity index is 1.38. The van der Waals surface area contributed by atoms with Crippen LogP contribution in [0.3, 0.4) is 0 Å². The molecule has 1 aliphatic rings. The van der Waals surface area contributed by atoms with Crippen molar-refractivity contribution in [3.8, 4) is 28.7 Å². The lowest BCUT2D eigenvalue weighted by Crippen LogP contribution is -2.48. The Bertz CT molecular complexity index is 1020. The first kappa shape index (κ1) is 22.0. The molecule has 1 aliphatic heterocycles. The maximum Gasteiger partial charge on any atom is 0.164 e. The SMILES string of the molecule is COc1ccc(-n2ccnc2CN2CC[C@@H](Oc3ccc(OC)c(OC)c3)[C@H](O)C2)cc1. The number of imidazole rings is 1. The molecule has 0 spiro atoms. The monoisotopic (exact) mass is 439 g/mol. The molecule has 0 amide bonds. The van der Waals surface area contributed by atoms with Crippen LogP contribution in [0.4, 0.5) is 0 Å². The van der Waals surface area contributed by atoms with E-state index in [1.165, 1.54) is 0 Å². The first-order valence-corrected chi connectivity index (χ1v) is 10.6. The van der Waals surface area contributed by atoms with Gasteiger partial charge in [-0.15, -0.1) is 0 Å². The third kappa shape index (κ3) is 4.81. The van der Waals surface area contributed by atoms with E-state index in [4.69, 9.17) is 18.9 Å². The number of methoxy groups -OCH3 is 3. The van der Waals surface area contributed by atoms with Crippen molar-refractivity contribution in [2.75, 3.05) is 34.4 Å². The van der Waals surface area contributed by atoms with E-state index in [0.29, 0.717) is 36.8 Å². The minimum Gasteiger partial charge on any atom is -0.497 e. The largest absolute Gasteiger partial charge is 0.497 e. The van der Waals surface area contributed by atoms with Crippen molar-refractivity contribution in [2.24, 2.45) is 0 Å². The Hall–Kier alpha value is -3.23. The zero-order chi connectivity index (χ0) is 22.5. The van der Waals surface area contributed by atoms with E-state index in [-0.39, 0.29) is 6.10 Å². The molecule has 0 aliphatic carbocycles. The molecule has 0 saturated carbocycles. The Morgan fingerprint density at radius 2 is 1.72 bits per heavy atom. The summed E-state index contributed by atoms with van der Waals surface area (Å²) in [7, 11) is 4.84. The van der Waals surface area contributed by atoms with Gasteiger partial charge in [-0.2, -0.15) is 0 Å². The van der Waals surface area contributed by atoms with Crippen LogP contribution >= 0.6 is 0 Å². The summed E-state index contributed by atoms with van der Waals surface area (Å²) in [6, 6.07) is 13.3. The van der Waals surface area contributed by atoms with Crippen molar-refractivity contribution in [3.63, 3.8) is 0 Å². The third-order valence-electron chi connectivity index (χ3n) is 5.68. The van der Waals surface area contributed by atoms with Crippen LogP contribution in [0.5, 0.6) is 23.0 Å². The van der Waals surface area contributed by atoms with E-state index in [1.54, 1.807) is 39.7 Å². The topological polar surface area (TPSA) is 78.2 Å². The van der Waals surface area contributed by atoms with Crippen LogP contribution < -0.4 is 18.9 Å². The van der Waals surface area contributed by atoms with Crippen LogP contribution in [-0.2, 0) is 6.54 Å². The zero-order valence-electron chi connectivity index (χ0n) is 18.6. The molecule has 2 heterocycles. The van der Waals surface area contributed by atoms with Gasteiger partial charge >= 0.3 is 0 Å². The van der Waals surface area contributed by atoms with Gasteiger partial charge < -0.3 is 28.6 Å². The lowest BCUT2D eigenvalue weighted by atomic mass is 10.0. The first-order chi connectivity index (χ1) is 15.6. The lowest BCUT2D eigenvalue weighted by molar-refractivity contribution is -0.0282. The predicted molar refractivity (Wildman–Crippen MR) is 120 cm³/mol. The Morgan fingerprint density at radius 1 is 0.969 bits per heavy atom. The van der Waals surface area contributed by atoms with Crippen LogP contribution in [0.15, 0.2) is 54.9 Å². The highest BCUT2D eigenvalue weighted by Gasteiger charge is 2.30. The van der Waals surface area contributed by atoms with Crippen LogP contribution in [0.2, 0.25) is 0 Å². The number of hydrogen-bond donors (Lipinski definition) is 1. The summed E-state index contributed by atoms with van der Waals surface area (Å²) >= 11 is 0. The molecule has 32 heavy (non-hydrogen) atoms. The molecule has 4 rings (SSSR count). The fourth-order valence-electron chi connectivity index (χ4n) is 3.95. The Kier molecular flexibility index (Phi) is 6.82. The average molecular weight is 440 g/mol. The van der Waals surface area contributed by atoms with Gasteiger partial charge in [0.1, 0.15) is 29.5 Å². The summed E-state index contributed by atoms with van der Waals surface area (Å²) in [5, 5.41) is 10.7. The fraction of sp³-hybridized carbons (Fsp3) is 0.375. The van der Waals surface area contributed by atoms with Crippen molar-refractivity contribution >= 4 is 0 Å². The van der Waals surface area contributed by atoms with E-state index in [2.05, 4.69) is 14.5 Å². The molecule has 1 fully saturated rings. The van der Waals surface area contributed by atoms with Crippen LogP contribution in [0.1, 0.15) is 12.2 Å². The molecule has 0 radical (unpaired) electrons. The number of ether oxygens (including phenoxy) is 4. The standard InChI is InChI=1S/C24H29N3O5/c1-29-18-6-4-17(5-7-18)27-13-11-25-24(27)16-26-12-10-21(20(28)15-26)32-19-8-9-22(30-2)23(14-19)31-3/h4-9,11,13-14,20-21,28H,10,12,15-16H2,1-3H3/t20-,21-/m1/s1. The van der Waals surface area contributed by atoms with Gasteiger partial charge in [-0.1, -0.05) is 0 Å². The number of nitrogens with zero attached hydrogens (tertiary/aromatic N) is 3. The molecule has 2 aromatic carbocycles. The molecule has 8 nitrogen and oxygen atoms in total. The van der Waals surface area contributed by atoms with E-state index >= 15 is 0 Å². The number of likely N-dealkylation sites (tertiary alicyclic amines) is 1. The van der Waals surface area contributed by atoms with Crippen molar-refractivity contribution in [1.29, 1.82) is 0 Å². The Morgan fingerprint density at radius 3 is 2.41 bits per heavy atom. The highest BCUT2D eigenvalue weighted by atomic mass is 16.5. The average Bonchev–Trinajstić information content (AvgIpc) is 3.28. The molecular formula is C24H29N3O5. The van der Waals surface area contributed by atoms with Gasteiger partial charge in [-0.25, -0.2) is 4.98 Å². The number of benzene rings is 2. The number of aliphatic hydroxyl groups excluding tert-OH is 1. The maximum atomic E-state index is 10.7. The first-order valence-electron chi connectivity index (χ1n) is 10.6. The molecule has 1 saturated heterocycles. The Labute approximate surface area is 187 Å². The number of rotatable bonds is 8. The van der Waals surface area contributed by atoms with Gasteiger partial charge in [-0.05, 0) is 42.8 Å². The van der Waals surface area contributed by atoms with Crippen molar-refractivity contribution in [3.05, 3.63) is 60.7 Å². The van der Waals surface area contributed by atoms with Crippen LogP contribution in [0.25, 0.3) is 5.69 Å². The van der Waals surface area contributed by atoms with Gasteiger partial charge in [0, 0.05) is 37.2 Å². The van der Waals surface area contributed by atoms with Crippen molar-refractivity contribution < 1.29 is 24.1 Å². The van der Waals surface area contributed by atoms with Crippen LogP contribution in [0, 0.1) is 0 Å². The summed E-state index contributed by atoms with van der Waals surface area (Å²) in [6.07, 6.45) is 3.55. The molecule has 3 aromatic rings. The molecule has 1 aromatic heterocycles. The number of hydrogen-bond acceptors (Lipinski definition) is 7. The number of aromatic nitrogens is 2. The number of β-amino-alcohol motifs (C(OH)–C–C–N with tert-alkyl or cyclic N) is 1. The van der Waals surface area contributed by atoms with E-state index in [9.17, 15) is 5.11 Å². The van der Waals surface area contributed by atoms with E-state index in [1.807, 2.05) is 36.5 Å². The second-order valence-electron chi connectivity index (χ2n) is 7.68. The third-order valence-corrected chi connectivity index (χ3v) is 5.68. The molecule has 8 heteroatoms. The van der Waals surface area contributed by atoms with E-state index in [0.717, 1.165) is 23.8 Å². The quantitative estimate of drug-likeness (QED) is 0.578. The summed E-state index contributed by atoms with van der Waals surface area (Å²) in [5.74, 6) is 3.62. The molecule has 2 atom stereocenters. The van der Waals surface area contributed by atoms with Gasteiger partial charge in [-0.3, -0.25) is 4.90 Å². The molecule has 0 bridgehead atoms. The molecule has 1 N–H and O–H groups in total. The predicted octanol–water partition coefficient (Wildman–Crippen LogP) is 2.91. The van der Waals surface area contributed by atoms with Gasteiger partial charge in [0.15, 0.2) is 11.5 Å². The van der Waals surface area contributed by atoms with Crippen molar-refractivity contribution in [2.45, 2.75) is 25.2 Å². The van der Waals surface area contributed by atoms with Gasteiger partial charge in [0.2, 0.25) is 0 Å². The molecule has 0 unspecified atom stereocenters. The smallest absolute Gasteiger partial charge is 0.164 e. The summed E-state index contributed by atoms with van der Waals surface area (Å²) in [5.41, 5.74) is 1.02. The highest BCUT2D eigenvalue weighted by molar-refractivity contribution is 5.45. The molecular weight excluding hydrogens is 410 g/mol. The molecule has 170 valence electrons. The maximum absolute atomic E-state index is 10.7. The van der Waals surface area contributed by atoms with E-state index < -0.39 is 6.10 Å². The fourth-order valence-corrected chi connectivity index (χ4v) is 3.95. The number of piperidine rings is 1. The zero-order valence-corrected chi connectivity index (χ0v) is 18.6. The second kappa shape index (κ2) is 9.93. The van der Waals surface area contributed by atoms with Crippen molar-refractivity contribution in [1.82, 2.24) is 14.5 Å². The minimum absolute atomic E-state index is 0.286. The highest BCUT2D eigenvalue weighted by Crippen LogP contribution is 2.32. The van der Waals surface area contributed by atoms with Gasteiger partial charge in [0.25, 0.3) is 0 Å². The number of aliphatic hydroxyl groups is 1. The second-order valence-corrected chi connectivity index (χ2v) is 7.68. The lowest BCUT2D eigenvalue weighted by Gasteiger charge is -2.35.